The number of aromatic nitrogens is 1. The van der Waals surface area contributed by atoms with Crippen molar-refractivity contribution < 1.29 is 13.5 Å². The Morgan fingerprint density at radius 3 is 2.46 bits per heavy atom. The smallest absolute Gasteiger partial charge is 0.207 e. The van der Waals surface area contributed by atoms with Crippen LogP contribution in [-0.2, 0) is 9.84 Å². The predicted octanol–water partition coefficient (Wildman–Crippen LogP) is 3.93. The van der Waals surface area contributed by atoms with E-state index < -0.39 is 9.84 Å². The van der Waals surface area contributed by atoms with Gasteiger partial charge in [0, 0.05) is 11.6 Å². The average molecular weight is 335 g/mol. The zero-order chi connectivity index (χ0) is 16.7. The van der Waals surface area contributed by atoms with Gasteiger partial charge < -0.3 is 5.11 Å². The maximum Gasteiger partial charge on any atom is 0.207 e. The highest BCUT2D eigenvalue weighted by Crippen LogP contribution is 2.32. The van der Waals surface area contributed by atoms with Crippen molar-refractivity contribution in [2.45, 2.75) is 9.79 Å². The summed E-state index contributed by atoms with van der Waals surface area (Å²) in [5.41, 5.74) is 0.277. The Kier molecular flexibility index (Phi) is 3.25. The van der Waals surface area contributed by atoms with E-state index in [0.717, 1.165) is 10.8 Å². The molecule has 4 nitrogen and oxygen atoms in total. The van der Waals surface area contributed by atoms with Gasteiger partial charge in [0.1, 0.15) is 11.3 Å². The van der Waals surface area contributed by atoms with Crippen LogP contribution in [0.25, 0.3) is 21.7 Å². The molecule has 3 aromatic carbocycles. The third kappa shape index (κ3) is 2.21. The van der Waals surface area contributed by atoms with E-state index in [0.29, 0.717) is 5.39 Å². The summed E-state index contributed by atoms with van der Waals surface area (Å²) in [7, 11) is -3.72. The number of pyridine rings is 1. The minimum Gasteiger partial charge on any atom is -0.506 e. The highest BCUT2D eigenvalue weighted by Gasteiger charge is 2.22. The van der Waals surface area contributed by atoms with E-state index >= 15 is 0 Å². The first kappa shape index (κ1) is 14.7. The molecule has 118 valence electrons. The van der Waals surface area contributed by atoms with E-state index in [2.05, 4.69) is 4.98 Å². The molecule has 0 unspecified atom stereocenters. The normalized spacial score (nSPS) is 11.8. The molecule has 0 saturated carbocycles. The fraction of sp³-hybridized carbons (Fsp3) is 0. The summed E-state index contributed by atoms with van der Waals surface area (Å²) in [6, 6.07) is 18.8. The number of rotatable bonds is 2. The van der Waals surface area contributed by atoms with Crippen LogP contribution in [0.5, 0.6) is 5.75 Å². The van der Waals surface area contributed by atoms with E-state index in [1.165, 1.54) is 18.3 Å². The maximum absolute atomic E-state index is 13.1. The molecule has 0 aliphatic rings. The van der Waals surface area contributed by atoms with Crippen molar-refractivity contribution in [3.8, 4) is 5.75 Å². The molecule has 1 aromatic heterocycles. The molecule has 0 saturated heterocycles. The minimum atomic E-state index is -3.72. The Hall–Kier alpha value is -2.92. The van der Waals surface area contributed by atoms with Crippen LogP contribution in [0.2, 0.25) is 0 Å². The Labute approximate surface area is 138 Å². The molecule has 0 fully saturated rings. The van der Waals surface area contributed by atoms with Gasteiger partial charge in [-0.15, -0.1) is 0 Å². The fourth-order valence-electron chi connectivity index (χ4n) is 2.83. The number of nitrogens with zero attached hydrogens (tertiary/aromatic N) is 1. The molecular formula is C19H13NO3S. The molecule has 0 aliphatic carbocycles. The van der Waals surface area contributed by atoms with Crippen molar-refractivity contribution in [1.82, 2.24) is 4.98 Å². The van der Waals surface area contributed by atoms with Crippen LogP contribution in [0, 0.1) is 0 Å². The van der Waals surface area contributed by atoms with Crippen molar-refractivity contribution in [2.24, 2.45) is 0 Å². The van der Waals surface area contributed by atoms with E-state index in [1.807, 2.05) is 24.3 Å². The first-order valence-corrected chi connectivity index (χ1v) is 8.86. The van der Waals surface area contributed by atoms with Crippen molar-refractivity contribution in [3.63, 3.8) is 0 Å². The largest absolute Gasteiger partial charge is 0.506 e. The monoisotopic (exact) mass is 335 g/mol. The Morgan fingerprint density at radius 1 is 0.833 bits per heavy atom. The second-order valence-electron chi connectivity index (χ2n) is 5.49. The molecule has 0 amide bonds. The lowest BCUT2D eigenvalue weighted by Crippen LogP contribution is -2.03. The third-order valence-corrected chi connectivity index (χ3v) is 5.84. The quantitative estimate of drug-likeness (QED) is 0.603. The van der Waals surface area contributed by atoms with E-state index in [9.17, 15) is 13.5 Å². The summed E-state index contributed by atoms with van der Waals surface area (Å²) in [4.78, 5) is 4.44. The lowest BCUT2D eigenvalue weighted by atomic mass is 10.1. The highest BCUT2D eigenvalue weighted by atomic mass is 32.2. The summed E-state index contributed by atoms with van der Waals surface area (Å²) in [6.45, 7) is 0. The van der Waals surface area contributed by atoms with Gasteiger partial charge >= 0.3 is 0 Å². The number of benzene rings is 3. The zero-order valence-electron chi connectivity index (χ0n) is 12.5. The number of phenolic OH excluding ortho intramolecular Hbond substituents is 1. The van der Waals surface area contributed by atoms with E-state index in [1.54, 1.807) is 30.3 Å². The highest BCUT2D eigenvalue weighted by molar-refractivity contribution is 7.91. The first-order valence-electron chi connectivity index (χ1n) is 7.38. The van der Waals surface area contributed by atoms with Gasteiger partial charge in [-0.3, -0.25) is 4.98 Å². The van der Waals surface area contributed by atoms with Crippen LogP contribution in [0.3, 0.4) is 0 Å². The van der Waals surface area contributed by atoms with Gasteiger partial charge in [-0.2, -0.15) is 0 Å². The van der Waals surface area contributed by atoms with Gasteiger partial charge in [-0.25, -0.2) is 8.42 Å². The lowest BCUT2D eigenvalue weighted by Gasteiger charge is -2.10. The summed E-state index contributed by atoms with van der Waals surface area (Å²) in [5.74, 6) is -0.0388. The van der Waals surface area contributed by atoms with Gasteiger partial charge in [-0.1, -0.05) is 30.3 Å². The maximum atomic E-state index is 13.1. The topological polar surface area (TPSA) is 67.3 Å². The van der Waals surface area contributed by atoms with Crippen LogP contribution >= 0.6 is 0 Å². The summed E-state index contributed by atoms with van der Waals surface area (Å²) in [5, 5.41) is 12.2. The number of aromatic hydroxyl groups is 1. The van der Waals surface area contributed by atoms with Crippen LogP contribution in [0.4, 0.5) is 0 Å². The number of phenols is 1. The third-order valence-electron chi connectivity index (χ3n) is 4.03. The molecule has 0 aliphatic heterocycles. The summed E-state index contributed by atoms with van der Waals surface area (Å²) < 4.78 is 26.2. The molecule has 4 rings (SSSR count). The molecular weight excluding hydrogens is 322 g/mol. The number of fused-ring (bicyclic) bond motifs is 2. The van der Waals surface area contributed by atoms with Crippen molar-refractivity contribution >= 4 is 31.5 Å². The van der Waals surface area contributed by atoms with E-state index in [4.69, 9.17) is 0 Å². The first-order chi connectivity index (χ1) is 11.6. The second-order valence-corrected chi connectivity index (χ2v) is 7.41. The van der Waals surface area contributed by atoms with Crippen LogP contribution in [0.1, 0.15) is 0 Å². The molecule has 4 aromatic rings. The number of sulfone groups is 1. The van der Waals surface area contributed by atoms with Gasteiger partial charge in [0.05, 0.1) is 9.79 Å². The van der Waals surface area contributed by atoms with Gasteiger partial charge in [0.15, 0.2) is 0 Å². The number of hydrogen-bond acceptors (Lipinski definition) is 4. The molecule has 1 heterocycles. The SMILES string of the molecule is O=S(=O)(c1ccc2ccccc2c1)c1ccc(O)c2ncccc12. The van der Waals surface area contributed by atoms with Crippen LogP contribution in [-0.4, -0.2) is 18.5 Å². The van der Waals surface area contributed by atoms with Gasteiger partial charge in [0.2, 0.25) is 9.84 Å². The standard InChI is InChI=1S/C19H13NO3S/c21-17-9-10-18(16-6-3-11-20-19(16)17)24(22,23)15-8-7-13-4-1-2-5-14(13)12-15/h1-12,21H. The molecule has 0 spiro atoms. The molecule has 5 heteroatoms. The van der Waals surface area contributed by atoms with E-state index in [-0.39, 0.29) is 21.1 Å². The second kappa shape index (κ2) is 5.32. The zero-order valence-corrected chi connectivity index (χ0v) is 13.4. The molecule has 1 N–H and O–H groups in total. The van der Waals surface area contributed by atoms with Gasteiger partial charge in [0.25, 0.3) is 0 Å². The Morgan fingerprint density at radius 2 is 1.62 bits per heavy atom. The fourth-order valence-corrected chi connectivity index (χ4v) is 4.31. The lowest BCUT2D eigenvalue weighted by molar-refractivity contribution is 0.480. The summed E-state index contributed by atoms with van der Waals surface area (Å²) in [6.07, 6.45) is 1.52. The minimum absolute atomic E-state index is 0.0388. The van der Waals surface area contributed by atoms with Crippen LogP contribution in [0.15, 0.2) is 82.7 Å². The summed E-state index contributed by atoms with van der Waals surface area (Å²) >= 11 is 0. The Balaban J connectivity index is 1.99. The van der Waals surface area contributed by atoms with Gasteiger partial charge in [-0.05, 0) is 47.2 Å². The molecule has 24 heavy (non-hydrogen) atoms. The molecule has 0 atom stereocenters. The predicted molar refractivity (Wildman–Crippen MR) is 92.8 cm³/mol. The number of hydrogen-bond donors (Lipinski definition) is 1. The molecule has 0 bridgehead atoms. The van der Waals surface area contributed by atoms with Crippen molar-refractivity contribution in [1.29, 1.82) is 0 Å². The van der Waals surface area contributed by atoms with Crippen LogP contribution < -0.4 is 0 Å². The Bertz CT molecular complexity index is 1180. The van der Waals surface area contributed by atoms with Crippen molar-refractivity contribution in [3.05, 3.63) is 72.9 Å². The average Bonchev–Trinajstić information content (AvgIpc) is 2.61. The molecule has 0 radical (unpaired) electrons. The van der Waals surface area contributed by atoms with Crippen molar-refractivity contribution in [2.75, 3.05) is 0 Å².